The monoisotopic (exact) mass is 269 g/mol. The smallest absolute Gasteiger partial charge is 0.411 e. The first-order valence-electron chi connectivity index (χ1n) is 4.72. The lowest BCUT2D eigenvalue weighted by Gasteiger charge is -2.18. The van der Waals surface area contributed by atoms with Gasteiger partial charge in [0.15, 0.2) is 0 Å². The molecule has 0 saturated heterocycles. The lowest BCUT2D eigenvalue weighted by molar-refractivity contribution is 0.201. The van der Waals surface area contributed by atoms with Crippen LogP contribution in [-0.4, -0.2) is 17.7 Å². The van der Waals surface area contributed by atoms with Crippen molar-refractivity contribution in [2.75, 3.05) is 11.4 Å². The molecule has 15 heavy (non-hydrogen) atoms. The zero-order valence-electron chi connectivity index (χ0n) is 8.62. The summed E-state index contributed by atoms with van der Waals surface area (Å²) in [5, 5.41) is 9.09. The number of fused-ring (bicyclic) bond motifs is 1. The Labute approximate surface area is 96.8 Å². The number of hydrogen-bond acceptors (Lipinski definition) is 1. The Morgan fingerprint density at radius 2 is 2.20 bits per heavy atom. The van der Waals surface area contributed by atoms with Crippen molar-refractivity contribution in [3.05, 3.63) is 28.2 Å². The Balaban J connectivity index is 2.58. The normalized spacial score (nSPS) is 17.7. The fourth-order valence-electron chi connectivity index (χ4n) is 2.04. The highest BCUT2D eigenvalue weighted by Gasteiger charge is 2.37. The highest BCUT2D eigenvalue weighted by atomic mass is 79.9. The van der Waals surface area contributed by atoms with Crippen molar-refractivity contribution in [3.63, 3.8) is 0 Å². The van der Waals surface area contributed by atoms with E-state index in [-0.39, 0.29) is 5.41 Å². The number of anilines is 1. The minimum absolute atomic E-state index is 0.103. The number of carboxylic acid groups (broad SMARTS) is 1. The minimum Gasteiger partial charge on any atom is -0.465 e. The second-order valence-electron chi connectivity index (χ2n) is 4.41. The van der Waals surface area contributed by atoms with Crippen molar-refractivity contribution in [3.8, 4) is 0 Å². The predicted molar refractivity (Wildman–Crippen MR) is 62.5 cm³/mol. The summed E-state index contributed by atoms with van der Waals surface area (Å²) >= 11 is 3.36. The summed E-state index contributed by atoms with van der Waals surface area (Å²) in [7, 11) is 0. The standard InChI is InChI=1S/C11H12BrNO2/c1-11(2)6-13(10(14)15)9-5-7(12)3-4-8(9)11/h3-5H,6H2,1-2H3,(H,14,15). The average Bonchev–Trinajstić information content (AvgIpc) is 2.38. The van der Waals surface area contributed by atoms with Gasteiger partial charge in [-0.1, -0.05) is 35.8 Å². The van der Waals surface area contributed by atoms with Crippen LogP contribution in [0, 0.1) is 0 Å². The van der Waals surface area contributed by atoms with Crippen LogP contribution in [0.15, 0.2) is 22.7 Å². The molecule has 1 aromatic carbocycles. The zero-order chi connectivity index (χ0) is 11.2. The lowest BCUT2D eigenvalue weighted by atomic mass is 9.87. The second kappa shape index (κ2) is 3.23. The molecule has 0 bridgehead atoms. The summed E-state index contributed by atoms with van der Waals surface area (Å²) in [6, 6.07) is 5.80. The molecule has 4 heteroatoms. The molecule has 1 heterocycles. The molecule has 0 spiro atoms. The van der Waals surface area contributed by atoms with Crippen molar-refractivity contribution >= 4 is 27.7 Å². The van der Waals surface area contributed by atoms with Crippen LogP contribution in [0.1, 0.15) is 19.4 Å². The van der Waals surface area contributed by atoms with E-state index in [0.29, 0.717) is 6.54 Å². The highest BCUT2D eigenvalue weighted by molar-refractivity contribution is 9.10. The molecule has 80 valence electrons. The molecule has 1 aromatic rings. The van der Waals surface area contributed by atoms with Gasteiger partial charge in [-0.3, -0.25) is 4.90 Å². The fourth-order valence-corrected chi connectivity index (χ4v) is 2.39. The summed E-state index contributed by atoms with van der Waals surface area (Å²) < 4.78 is 0.908. The van der Waals surface area contributed by atoms with E-state index >= 15 is 0 Å². The SMILES string of the molecule is CC1(C)CN(C(=O)O)c2cc(Br)ccc21. The largest absolute Gasteiger partial charge is 0.465 e. The van der Waals surface area contributed by atoms with Crippen LogP contribution in [0.25, 0.3) is 0 Å². The molecule has 0 aromatic heterocycles. The summed E-state index contributed by atoms with van der Waals surface area (Å²) in [4.78, 5) is 12.5. The van der Waals surface area contributed by atoms with Gasteiger partial charge in [0.05, 0.1) is 5.69 Å². The molecule has 1 amide bonds. The van der Waals surface area contributed by atoms with Gasteiger partial charge in [-0.25, -0.2) is 4.79 Å². The maximum atomic E-state index is 11.1. The third-order valence-corrected chi connectivity index (χ3v) is 3.26. The fraction of sp³-hybridized carbons (Fsp3) is 0.364. The number of nitrogens with zero attached hydrogens (tertiary/aromatic N) is 1. The topological polar surface area (TPSA) is 40.5 Å². The molecule has 0 unspecified atom stereocenters. The molecule has 3 nitrogen and oxygen atoms in total. The van der Waals surface area contributed by atoms with Gasteiger partial charge in [-0.05, 0) is 17.7 Å². The van der Waals surface area contributed by atoms with Crippen LogP contribution in [-0.2, 0) is 5.41 Å². The van der Waals surface area contributed by atoms with E-state index in [1.54, 1.807) is 0 Å². The van der Waals surface area contributed by atoms with Gasteiger partial charge < -0.3 is 5.11 Å². The molecule has 1 aliphatic rings. The predicted octanol–water partition coefficient (Wildman–Crippen LogP) is 3.22. The summed E-state index contributed by atoms with van der Waals surface area (Å²) in [6.07, 6.45) is -0.889. The first-order valence-corrected chi connectivity index (χ1v) is 5.51. The van der Waals surface area contributed by atoms with Gasteiger partial charge in [0.2, 0.25) is 0 Å². The Morgan fingerprint density at radius 3 is 2.80 bits per heavy atom. The summed E-state index contributed by atoms with van der Waals surface area (Å²) in [5.41, 5.74) is 1.78. The van der Waals surface area contributed by atoms with E-state index in [0.717, 1.165) is 15.7 Å². The van der Waals surface area contributed by atoms with E-state index in [2.05, 4.69) is 29.8 Å². The molecular weight excluding hydrogens is 258 g/mol. The molecule has 0 aliphatic carbocycles. The number of carbonyl (C=O) groups is 1. The maximum absolute atomic E-state index is 11.1. The van der Waals surface area contributed by atoms with E-state index in [4.69, 9.17) is 5.11 Å². The molecule has 1 aliphatic heterocycles. The number of rotatable bonds is 0. The maximum Gasteiger partial charge on any atom is 0.411 e. The quantitative estimate of drug-likeness (QED) is 0.786. The third-order valence-electron chi connectivity index (χ3n) is 2.76. The van der Waals surface area contributed by atoms with E-state index in [9.17, 15) is 4.79 Å². The van der Waals surface area contributed by atoms with Crippen molar-refractivity contribution < 1.29 is 9.90 Å². The molecule has 0 fully saturated rings. The van der Waals surface area contributed by atoms with Crippen LogP contribution in [0.3, 0.4) is 0 Å². The van der Waals surface area contributed by atoms with Gasteiger partial charge in [-0.15, -0.1) is 0 Å². The molecule has 0 radical (unpaired) electrons. The number of benzene rings is 1. The van der Waals surface area contributed by atoms with Crippen LogP contribution in [0.2, 0.25) is 0 Å². The Morgan fingerprint density at radius 1 is 1.53 bits per heavy atom. The van der Waals surface area contributed by atoms with Gasteiger partial charge in [-0.2, -0.15) is 0 Å². The van der Waals surface area contributed by atoms with Crippen LogP contribution in [0.4, 0.5) is 10.5 Å². The second-order valence-corrected chi connectivity index (χ2v) is 5.33. The van der Waals surface area contributed by atoms with E-state index in [1.807, 2.05) is 18.2 Å². The van der Waals surface area contributed by atoms with Crippen LogP contribution in [0.5, 0.6) is 0 Å². The lowest BCUT2D eigenvalue weighted by Crippen LogP contribution is -2.32. The molecule has 0 saturated carbocycles. The molecule has 0 atom stereocenters. The van der Waals surface area contributed by atoms with E-state index < -0.39 is 6.09 Å². The zero-order valence-corrected chi connectivity index (χ0v) is 10.2. The molecule has 1 N–H and O–H groups in total. The Bertz CT molecular complexity index is 429. The Kier molecular flexibility index (Phi) is 2.26. The minimum atomic E-state index is -0.889. The summed E-state index contributed by atoms with van der Waals surface area (Å²) in [5.74, 6) is 0. The summed E-state index contributed by atoms with van der Waals surface area (Å²) in [6.45, 7) is 4.64. The highest BCUT2D eigenvalue weighted by Crippen LogP contribution is 2.41. The number of amides is 1. The van der Waals surface area contributed by atoms with Crippen molar-refractivity contribution in [1.82, 2.24) is 0 Å². The average molecular weight is 270 g/mol. The van der Waals surface area contributed by atoms with Gasteiger partial charge in [0.25, 0.3) is 0 Å². The van der Waals surface area contributed by atoms with Crippen LogP contribution >= 0.6 is 15.9 Å². The van der Waals surface area contributed by atoms with Crippen molar-refractivity contribution in [2.45, 2.75) is 19.3 Å². The van der Waals surface area contributed by atoms with E-state index in [1.165, 1.54) is 4.90 Å². The van der Waals surface area contributed by atoms with Gasteiger partial charge >= 0.3 is 6.09 Å². The molecule has 2 rings (SSSR count). The van der Waals surface area contributed by atoms with Gasteiger partial charge in [0.1, 0.15) is 0 Å². The molecular formula is C11H12BrNO2. The first-order chi connectivity index (χ1) is 6.92. The number of halogens is 1. The third kappa shape index (κ3) is 1.63. The first kappa shape index (κ1) is 10.5. The number of hydrogen-bond donors (Lipinski definition) is 1. The van der Waals surface area contributed by atoms with Gasteiger partial charge in [0, 0.05) is 16.4 Å². The van der Waals surface area contributed by atoms with Crippen molar-refractivity contribution in [2.24, 2.45) is 0 Å². The van der Waals surface area contributed by atoms with Crippen molar-refractivity contribution in [1.29, 1.82) is 0 Å². The Hall–Kier alpha value is -1.03. The van der Waals surface area contributed by atoms with Crippen LogP contribution < -0.4 is 4.90 Å².